The van der Waals surface area contributed by atoms with E-state index < -0.39 is 5.97 Å². The molecule has 0 radical (unpaired) electrons. The summed E-state index contributed by atoms with van der Waals surface area (Å²) < 4.78 is 1.46. The van der Waals surface area contributed by atoms with Crippen molar-refractivity contribution in [1.82, 2.24) is 0 Å². The van der Waals surface area contributed by atoms with Crippen molar-refractivity contribution in [2.45, 2.75) is 19.8 Å². The molecule has 0 unspecified atom stereocenters. The van der Waals surface area contributed by atoms with Crippen LogP contribution < -0.4 is 2.81 Å². The Balaban J connectivity index is 0.000000226. The summed E-state index contributed by atoms with van der Waals surface area (Å²) >= 11 is 1.17. The van der Waals surface area contributed by atoms with Crippen LogP contribution in [0.15, 0.2) is 30.3 Å². The second-order valence-corrected chi connectivity index (χ2v) is 3.95. The maximum absolute atomic E-state index is 9.60. The van der Waals surface area contributed by atoms with Gasteiger partial charge in [0.15, 0.2) is 0 Å². The predicted octanol–water partition coefficient (Wildman–Crippen LogP) is 1.35. The van der Waals surface area contributed by atoms with Crippen LogP contribution in [0.1, 0.15) is 19.8 Å². The molecule has 0 amide bonds. The molecule has 0 aliphatic heterocycles. The van der Waals surface area contributed by atoms with E-state index in [0.29, 0.717) is 6.42 Å². The number of hydrogen-bond donors (Lipinski definition) is 1. The average molecular weight is 188 g/mol. The second kappa shape index (κ2) is 8.30. The normalized spacial score (nSPS) is 8.54. The molecule has 1 aromatic rings. The number of aliphatic carboxylic acids is 1. The molecule has 13 heavy (non-hydrogen) atoms. The topological polar surface area (TPSA) is 37.3 Å². The molecule has 1 aromatic carbocycles. The Bertz CT molecular complexity index is 234. The summed E-state index contributed by atoms with van der Waals surface area (Å²) in [5, 5.41) is 7.91. The van der Waals surface area contributed by atoms with E-state index in [4.69, 9.17) is 5.11 Å². The van der Waals surface area contributed by atoms with Crippen molar-refractivity contribution in [3.05, 3.63) is 30.3 Å². The average Bonchev–Trinajstić information content (AvgIpc) is 2.06. The molecule has 66 valence electrons. The van der Waals surface area contributed by atoms with Crippen molar-refractivity contribution < 1.29 is 9.90 Å². The first-order chi connectivity index (χ1) is 6.16. The Labute approximate surface area is 96.4 Å². The molecule has 0 aliphatic carbocycles. The van der Waals surface area contributed by atoms with Gasteiger partial charge < -0.3 is 5.11 Å². The third-order valence-electron chi connectivity index (χ3n) is 1.40. The molecular formula is C10H13NaO2. The van der Waals surface area contributed by atoms with Crippen LogP contribution in [0.3, 0.4) is 0 Å². The van der Waals surface area contributed by atoms with Crippen molar-refractivity contribution in [2.75, 3.05) is 0 Å². The van der Waals surface area contributed by atoms with Gasteiger partial charge in [0.1, 0.15) is 0 Å². The van der Waals surface area contributed by atoms with Crippen LogP contribution in [0.5, 0.6) is 0 Å². The summed E-state index contributed by atoms with van der Waals surface area (Å²) in [5.41, 5.74) is 0. The molecule has 0 saturated heterocycles. The molecule has 2 nitrogen and oxygen atoms in total. The van der Waals surface area contributed by atoms with E-state index in [1.807, 2.05) is 13.0 Å². The van der Waals surface area contributed by atoms with Gasteiger partial charge in [0.25, 0.3) is 0 Å². The predicted molar refractivity (Wildman–Crippen MR) is 54.4 cm³/mol. The second-order valence-electron chi connectivity index (χ2n) is 2.80. The summed E-state index contributed by atoms with van der Waals surface area (Å²) in [6.45, 7) is 1.84. The summed E-state index contributed by atoms with van der Waals surface area (Å²) in [6, 6.07) is 10.5. The van der Waals surface area contributed by atoms with Crippen molar-refractivity contribution >= 4 is 36.7 Å². The molecule has 0 bridgehead atoms. The zero-order valence-corrected chi connectivity index (χ0v) is 10.2. The fourth-order valence-electron chi connectivity index (χ4n) is 0.748. The van der Waals surface area contributed by atoms with Gasteiger partial charge in [-0.2, -0.15) is 0 Å². The number of carbonyl (C=O) groups is 1. The summed E-state index contributed by atoms with van der Waals surface area (Å²) in [7, 11) is 0. The maximum atomic E-state index is 9.60. The van der Waals surface area contributed by atoms with Crippen molar-refractivity contribution in [2.24, 2.45) is 0 Å². The Hall–Kier alpha value is -0.310. The van der Waals surface area contributed by atoms with Gasteiger partial charge in [-0.05, 0) is 6.42 Å². The summed E-state index contributed by atoms with van der Waals surface area (Å²) in [4.78, 5) is 9.60. The molecule has 0 spiro atoms. The molecule has 0 fully saturated rings. The minimum absolute atomic E-state index is 0.292. The molecular weight excluding hydrogens is 175 g/mol. The Kier molecular flexibility index (Phi) is 8.10. The monoisotopic (exact) mass is 188 g/mol. The molecule has 1 rings (SSSR count). The van der Waals surface area contributed by atoms with E-state index in [0.717, 1.165) is 6.42 Å². The molecule has 0 atom stereocenters. The van der Waals surface area contributed by atoms with Crippen LogP contribution in [-0.2, 0) is 4.79 Å². The number of benzene rings is 1. The third-order valence-corrected chi connectivity index (χ3v) is 2.07. The Morgan fingerprint density at radius 1 is 1.38 bits per heavy atom. The van der Waals surface area contributed by atoms with Gasteiger partial charge in [-0.3, -0.25) is 4.79 Å². The van der Waals surface area contributed by atoms with E-state index in [2.05, 4.69) is 24.3 Å². The molecule has 0 aliphatic rings. The van der Waals surface area contributed by atoms with E-state index in [1.165, 1.54) is 30.7 Å². The van der Waals surface area contributed by atoms with Gasteiger partial charge in [0.05, 0.1) is 0 Å². The van der Waals surface area contributed by atoms with Gasteiger partial charge in [0, 0.05) is 6.42 Å². The van der Waals surface area contributed by atoms with Gasteiger partial charge in [-0.1, -0.05) is 6.92 Å². The zero-order chi connectivity index (χ0) is 10.1. The van der Waals surface area contributed by atoms with Gasteiger partial charge >= 0.3 is 67.0 Å². The van der Waals surface area contributed by atoms with Crippen LogP contribution in [-0.4, -0.2) is 39.0 Å². The van der Waals surface area contributed by atoms with Crippen molar-refractivity contribution in [1.29, 1.82) is 0 Å². The van der Waals surface area contributed by atoms with E-state index >= 15 is 0 Å². The molecule has 3 heteroatoms. The van der Waals surface area contributed by atoms with E-state index in [9.17, 15) is 4.79 Å². The van der Waals surface area contributed by atoms with Crippen molar-refractivity contribution in [3.63, 3.8) is 0 Å². The number of rotatable bonds is 2. The minimum atomic E-state index is -0.711. The molecule has 0 aromatic heterocycles. The van der Waals surface area contributed by atoms with E-state index in [1.54, 1.807) is 0 Å². The molecule has 1 N–H and O–H groups in total. The van der Waals surface area contributed by atoms with Crippen molar-refractivity contribution in [3.8, 4) is 0 Å². The molecule has 0 saturated carbocycles. The standard InChI is InChI=1S/C6H5.C4H8O2.Na/c1-2-4-6-5-3-1;1-2-3-4(5)6;/h1-5H;2-3H2,1H3,(H,5,6);. The fraction of sp³-hybridized carbons (Fsp3) is 0.300. The third kappa shape index (κ3) is 9.61. The van der Waals surface area contributed by atoms with Gasteiger partial charge in [-0.25, -0.2) is 0 Å². The summed E-state index contributed by atoms with van der Waals surface area (Å²) in [5.74, 6) is -0.711. The quantitative estimate of drug-likeness (QED) is 0.711. The van der Waals surface area contributed by atoms with Crippen LogP contribution in [0.4, 0.5) is 0 Å². The van der Waals surface area contributed by atoms with Crippen LogP contribution in [0.25, 0.3) is 0 Å². The first kappa shape index (κ1) is 12.7. The van der Waals surface area contributed by atoms with Crippen LogP contribution in [0, 0.1) is 0 Å². The van der Waals surface area contributed by atoms with Gasteiger partial charge in [-0.15, -0.1) is 0 Å². The fourth-order valence-corrected chi connectivity index (χ4v) is 1.13. The Morgan fingerprint density at radius 3 is 2.08 bits per heavy atom. The zero-order valence-electron chi connectivity index (χ0n) is 8.16. The first-order valence-electron chi connectivity index (χ1n) is 4.40. The van der Waals surface area contributed by atoms with Crippen LogP contribution in [0.2, 0.25) is 0 Å². The van der Waals surface area contributed by atoms with Crippen LogP contribution >= 0.6 is 0 Å². The summed E-state index contributed by atoms with van der Waals surface area (Å²) in [6.07, 6.45) is 1.02. The first-order valence-corrected chi connectivity index (χ1v) is 5.40. The van der Waals surface area contributed by atoms with Gasteiger partial charge in [0.2, 0.25) is 0 Å². The molecule has 0 heterocycles. The Morgan fingerprint density at radius 2 is 1.92 bits per heavy atom. The SMILES string of the molecule is CCCC(=O)O.[Na][c]1ccccc1. The number of hydrogen-bond acceptors (Lipinski definition) is 1. The number of carboxylic acids is 1. The number of carboxylic acid groups (broad SMARTS) is 1. The van der Waals surface area contributed by atoms with E-state index in [-0.39, 0.29) is 0 Å².